The van der Waals surface area contributed by atoms with E-state index in [9.17, 15) is 13.8 Å². The molecule has 1 aliphatic rings. The summed E-state index contributed by atoms with van der Waals surface area (Å²) in [6, 6.07) is 1.73. The average Bonchev–Trinajstić information content (AvgIpc) is 2.72. The molecule has 8 heteroatoms. The molecule has 0 aliphatic carbocycles. The first-order valence-electron chi connectivity index (χ1n) is 5.14. The number of hydrogen-bond acceptors (Lipinski definition) is 5. The first-order valence-corrected chi connectivity index (χ1v) is 6.53. The van der Waals surface area contributed by atoms with Crippen LogP contribution >= 0.6 is 0 Å². The summed E-state index contributed by atoms with van der Waals surface area (Å²) in [6.07, 6.45) is 4.67. The number of fused-ring (bicyclic) bond motifs is 1. The Kier molecular flexibility index (Phi) is 2.44. The average molecular weight is 264 g/mol. The van der Waals surface area contributed by atoms with Crippen LogP contribution in [0.4, 0.5) is 0 Å². The highest BCUT2D eigenvalue weighted by Gasteiger charge is 2.37. The molecule has 3 heterocycles. The summed E-state index contributed by atoms with van der Waals surface area (Å²) >= 11 is 0. The Labute approximate surface area is 104 Å². The minimum Gasteiger partial charge on any atom is -0.294 e. The van der Waals surface area contributed by atoms with Crippen molar-refractivity contribution in [3.8, 4) is 0 Å². The van der Waals surface area contributed by atoms with Crippen molar-refractivity contribution in [1.29, 1.82) is 0 Å². The van der Waals surface area contributed by atoms with Gasteiger partial charge in [0.1, 0.15) is 17.9 Å². The quantitative estimate of drug-likeness (QED) is 0.679. The summed E-state index contributed by atoms with van der Waals surface area (Å²) in [4.78, 5) is 30.9. The number of nitrogens with zero attached hydrogens (tertiary/aromatic N) is 3. The van der Waals surface area contributed by atoms with Crippen molar-refractivity contribution in [2.45, 2.75) is 5.25 Å². The van der Waals surface area contributed by atoms with E-state index in [1.807, 2.05) is 0 Å². The normalized spacial score (nSPS) is 24.2. The van der Waals surface area contributed by atoms with Crippen LogP contribution in [-0.4, -0.2) is 36.1 Å². The van der Waals surface area contributed by atoms with E-state index in [-0.39, 0.29) is 5.75 Å². The molecule has 0 spiro atoms. The van der Waals surface area contributed by atoms with Crippen molar-refractivity contribution in [1.82, 2.24) is 19.7 Å². The number of hydrogen-bond donors (Lipinski definition) is 1. The smallest absolute Gasteiger partial charge is 0.250 e. The lowest BCUT2D eigenvalue weighted by atomic mass is 10.3. The van der Waals surface area contributed by atoms with E-state index in [0.29, 0.717) is 5.82 Å². The largest absolute Gasteiger partial charge is 0.294 e. The van der Waals surface area contributed by atoms with E-state index in [1.165, 1.54) is 6.33 Å². The summed E-state index contributed by atoms with van der Waals surface area (Å²) in [7, 11) is -1.60. The van der Waals surface area contributed by atoms with Gasteiger partial charge in [0.25, 0.3) is 0 Å². The van der Waals surface area contributed by atoms with Gasteiger partial charge in [-0.2, -0.15) is 0 Å². The molecule has 3 rings (SSSR count). The van der Waals surface area contributed by atoms with Crippen LogP contribution in [0.2, 0.25) is 0 Å². The molecule has 18 heavy (non-hydrogen) atoms. The van der Waals surface area contributed by atoms with E-state index >= 15 is 0 Å². The van der Waals surface area contributed by atoms with Gasteiger partial charge in [0.05, 0.1) is 22.5 Å². The lowest BCUT2D eigenvalue weighted by Crippen LogP contribution is -2.45. The second kappa shape index (κ2) is 3.98. The van der Waals surface area contributed by atoms with Crippen LogP contribution in [-0.2, 0) is 20.4 Å². The first kappa shape index (κ1) is 11.0. The number of imidazole rings is 1. The topological polar surface area (TPSA) is 93.4 Å². The Morgan fingerprint density at radius 3 is 3.06 bits per heavy atom. The monoisotopic (exact) mass is 264 g/mol. The molecular formula is C10H8N4O3S. The van der Waals surface area contributed by atoms with E-state index in [2.05, 4.69) is 15.3 Å². The van der Waals surface area contributed by atoms with Crippen LogP contribution < -0.4 is 5.32 Å². The molecule has 0 aromatic carbocycles. The van der Waals surface area contributed by atoms with Crippen LogP contribution in [0.5, 0.6) is 0 Å². The molecular weight excluding hydrogens is 256 g/mol. The summed E-state index contributed by atoms with van der Waals surface area (Å²) in [5, 5.41) is 1.23. The second-order valence-corrected chi connectivity index (χ2v) is 5.33. The van der Waals surface area contributed by atoms with Crippen LogP contribution in [0.15, 0.2) is 24.8 Å². The lowest BCUT2D eigenvalue weighted by Gasteiger charge is -2.19. The van der Waals surface area contributed by atoms with E-state index in [1.54, 1.807) is 22.9 Å². The van der Waals surface area contributed by atoms with Crippen LogP contribution in [0.25, 0.3) is 5.52 Å². The summed E-state index contributed by atoms with van der Waals surface area (Å²) in [6.45, 7) is 0. The predicted octanol–water partition coefficient (Wildman–Crippen LogP) is -0.825. The van der Waals surface area contributed by atoms with Crippen LogP contribution in [0.1, 0.15) is 11.1 Å². The molecule has 0 saturated carbocycles. The molecule has 1 N–H and O–H groups in total. The zero-order valence-electron chi connectivity index (χ0n) is 9.07. The van der Waals surface area contributed by atoms with Crippen molar-refractivity contribution < 1.29 is 13.8 Å². The molecule has 1 saturated heterocycles. The lowest BCUT2D eigenvalue weighted by molar-refractivity contribution is -0.129. The molecule has 7 nitrogen and oxygen atoms in total. The van der Waals surface area contributed by atoms with Gasteiger partial charge in [-0.1, -0.05) is 0 Å². The van der Waals surface area contributed by atoms with Gasteiger partial charge in [-0.05, 0) is 6.07 Å². The Hall–Kier alpha value is -2.09. The zero-order chi connectivity index (χ0) is 12.7. The highest BCUT2D eigenvalue weighted by Crippen LogP contribution is 2.22. The number of imide groups is 1. The fraction of sp³-hybridized carbons (Fsp3) is 0.200. The Morgan fingerprint density at radius 2 is 2.28 bits per heavy atom. The third kappa shape index (κ3) is 1.61. The van der Waals surface area contributed by atoms with Gasteiger partial charge in [0, 0.05) is 6.20 Å². The van der Waals surface area contributed by atoms with Crippen molar-refractivity contribution in [2.75, 3.05) is 5.75 Å². The van der Waals surface area contributed by atoms with Gasteiger partial charge >= 0.3 is 0 Å². The minimum absolute atomic E-state index is 0.189. The number of carbonyl (C=O) groups is 2. The fourth-order valence-electron chi connectivity index (χ4n) is 1.86. The van der Waals surface area contributed by atoms with E-state index in [0.717, 1.165) is 5.52 Å². The van der Waals surface area contributed by atoms with Gasteiger partial charge < -0.3 is 0 Å². The number of carbonyl (C=O) groups excluding carboxylic acids is 2. The van der Waals surface area contributed by atoms with Gasteiger partial charge in [0.2, 0.25) is 11.8 Å². The predicted molar refractivity (Wildman–Crippen MR) is 61.9 cm³/mol. The minimum atomic E-state index is -1.60. The van der Waals surface area contributed by atoms with Crippen LogP contribution in [0, 0.1) is 0 Å². The Morgan fingerprint density at radius 1 is 1.44 bits per heavy atom. The molecule has 2 amide bonds. The first-order chi connectivity index (χ1) is 8.66. The van der Waals surface area contributed by atoms with E-state index < -0.39 is 27.9 Å². The molecule has 0 bridgehead atoms. The summed E-state index contributed by atoms with van der Waals surface area (Å²) in [5.74, 6) is -0.957. The zero-order valence-corrected chi connectivity index (χ0v) is 9.88. The molecule has 2 aromatic heterocycles. The summed E-state index contributed by atoms with van der Waals surface area (Å²) in [5.41, 5.74) is 0.752. The molecule has 2 unspecified atom stereocenters. The highest BCUT2D eigenvalue weighted by molar-refractivity contribution is 7.87. The number of rotatable bonds is 1. The molecule has 0 radical (unpaired) electrons. The second-order valence-electron chi connectivity index (χ2n) is 3.81. The molecule has 92 valence electrons. The third-order valence-electron chi connectivity index (χ3n) is 2.64. The number of aromatic nitrogens is 3. The van der Waals surface area contributed by atoms with E-state index in [4.69, 9.17) is 0 Å². The molecule has 2 atom stereocenters. The highest BCUT2D eigenvalue weighted by atomic mass is 32.2. The van der Waals surface area contributed by atoms with Crippen molar-refractivity contribution in [3.05, 3.63) is 30.6 Å². The Bertz CT molecular complexity index is 661. The number of nitrogens with one attached hydrogen (secondary N) is 1. The van der Waals surface area contributed by atoms with Crippen molar-refractivity contribution >= 4 is 28.1 Å². The maximum Gasteiger partial charge on any atom is 0.250 e. The van der Waals surface area contributed by atoms with Crippen molar-refractivity contribution in [2.24, 2.45) is 0 Å². The van der Waals surface area contributed by atoms with Crippen molar-refractivity contribution in [3.63, 3.8) is 0 Å². The summed E-state index contributed by atoms with van der Waals surface area (Å²) < 4.78 is 13.5. The molecule has 1 fully saturated rings. The standard InChI is InChI=1S/C10H8N4O3S/c15-7-4-18(17)8(10(16)13-7)9-12-3-6-1-2-11-5-14(6)9/h1-3,5,8H,4H2,(H,13,15,16). The SMILES string of the molecule is O=C1CS(=O)C(c2ncc3ccncn23)C(=O)N1. The van der Waals surface area contributed by atoms with Gasteiger partial charge in [-0.3, -0.25) is 23.5 Å². The maximum atomic E-state index is 11.9. The van der Waals surface area contributed by atoms with Gasteiger partial charge in [0.15, 0.2) is 5.25 Å². The fourth-order valence-corrected chi connectivity index (χ4v) is 3.07. The number of amides is 2. The Balaban J connectivity index is 2.11. The molecule has 2 aromatic rings. The van der Waals surface area contributed by atoms with Crippen LogP contribution in [0.3, 0.4) is 0 Å². The van der Waals surface area contributed by atoms with Gasteiger partial charge in [-0.15, -0.1) is 0 Å². The van der Waals surface area contributed by atoms with Gasteiger partial charge in [-0.25, -0.2) is 9.97 Å². The third-order valence-corrected chi connectivity index (χ3v) is 4.14. The molecule has 1 aliphatic heterocycles. The maximum absolute atomic E-state index is 11.9.